The Balaban J connectivity index is 2.61. The Bertz CT molecular complexity index is 471. The minimum Gasteiger partial charge on any atom is -0.394 e. The van der Waals surface area contributed by atoms with E-state index >= 15 is 0 Å². The van der Waals surface area contributed by atoms with Gasteiger partial charge in [0.25, 0.3) is 0 Å². The highest BCUT2D eigenvalue weighted by Crippen LogP contribution is 2.20. The van der Waals surface area contributed by atoms with Crippen LogP contribution in [0.3, 0.4) is 0 Å². The predicted octanol–water partition coefficient (Wildman–Crippen LogP) is 1.22. The molecule has 1 heterocycles. The molecule has 0 unspecified atom stereocenters. The van der Waals surface area contributed by atoms with E-state index in [0.29, 0.717) is 11.0 Å². The van der Waals surface area contributed by atoms with Crippen LogP contribution in [-0.2, 0) is 6.54 Å². The number of halogens is 2. The van der Waals surface area contributed by atoms with E-state index in [0.717, 1.165) is 0 Å². The highest BCUT2D eigenvalue weighted by atomic mass is 35.5. The highest BCUT2D eigenvalue weighted by molar-refractivity contribution is 6.31. The SMILES string of the molecule is OCCn1nnc2cc(Cl)c(F)cc21. The molecule has 1 aromatic heterocycles. The third kappa shape index (κ3) is 1.44. The summed E-state index contributed by atoms with van der Waals surface area (Å²) in [5.74, 6) is -0.513. The van der Waals surface area contributed by atoms with Crippen LogP contribution in [0.25, 0.3) is 11.0 Å². The molecule has 0 aliphatic heterocycles. The van der Waals surface area contributed by atoms with E-state index < -0.39 is 5.82 Å². The summed E-state index contributed by atoms with van der Waals surface area (Å²) in [7, 11) is 0. The van der Waals surface area contributed by atoms with Gasteiger partial charge in [-0.25, -0.2) is 9.07 Å². The first-order valence-electron chi connectivity index (χ1n) is 4.01. The van der Waals surface area contributed by atoms with Crippen LogP contribution < -0.4 is 0 Å². The summed E-state index contributed by atoms with van der Waals surface area (Å²) >= 11 is 5.57. The van der Waals surface area contributed by atoms with Gasteiger partial charge in [-0.15, -0.1) is 5.10 Å². The highest BCUT2D eigenvalue weighted by Gasteiger charge is 2.08. The van der Waals surface area contributed by atoms with Gasteiger partial charge in [0.05, 0.1) is 23.7 Å². The van der Waals surface area contributed by atoms with Crippen molar-refractivity contribution in [3.8, 4) is 0 Å². The lowest BCUT2D eigenvalue weighted by Gasteiger charge is -1.98. The number of fused-ring (bicyclic) bond motifs is 1. The number of hydrogen-bond acceptors (Lipinski definition) is 3. The van der Waals surface area contributed by atoms with E-state index in [1.807, 2.05) is 0 Å². The molecule has 0 fully saturated rings. The third-order valence-corrected chi connectivity index (χ3v) is 2.16. The van der Waals surface area contributed by atoms with Crippen LogP contribution >= 0.6 is 11.6 Å². The molecular formula is C8H7ClFN3O. The van der Waals surface area contributed by atoms with Gasteiger partial charge in [-0.2, -0.15) is 0 Å². The number of aliphatic hydroxyl groups is 1. The van der Waals surface area contributed by atoms with E-state index in [4.69, 9.17) is 16.7 Å². The molecule has 1 N–H and O–H groups in total. The average molecular weight is 216 g/mol. The lowest BCUT2D eigenvalue weighted by Crippen LogP contribution is -2.03. The van der Waals surface area contributed by atoms with Crippen LogP contribution in [0, 0.1) is 5.82 Å². The Morgan fingerprint density at radius 1 is 1.50 bits per heavy atom. The lowest BCUT2D eigenvalue weighted by molar-refractivity contribution is 0.270. The van der Waals surface area contributed by atoms with Crippen molar-refractivity contribution in [3.05, 3.63) is 23.0 Å². The van der Waals surface area contributed by atoms with Crippen molar-refractivity contribution in [2.75, 3.05) is 6.61 Å². The molecule has 0 atom stereocenters. The largest absolute Gasteiger partial charge is 0.394 e. The number of aliphatic hydroxyl groups excluding tert-OH is 1. The van der Waals surface area contributed by atoms with E-state index in [1.165, 1.54) is 16.8 Å². The first-order valence-corrected chi connectivity index (χ1v) is 4.39. The second-order valence-corrected chi connectivity index (χ2v) is 3.20. The molecule has 0 aliphatic rings. The van der Waals surface area contributed by atoms with E-state index in [-0.39, 0.29) is 18.2 Å². The zero-order valence-electron chi connectivity index (χ0n) is 7.11. The first kappa shape index (κ1) is 9.36. The Kier molecular flexibility index (Phi) is 2.35. The molecule has 2 rings (SSSR count). The van der Waals surface area contributed by atoms with Gasteiger partial charge >= 0.3 is 0 Å². The van der Waals surface area contributed by atoms with Crippen molar-refractivity contribution in [3.63, 3.8) is 0 Å². The summed E-state index contributed by atoms with van der Waals surface area (Å²) in [4.78, 5) is 0. The maximum atomic E-state index is 13.1. The molecule has 0 saturated heterocycles. The molecule has 4 nitrogen and oxygen atoms in total. The fourth-order valence-corrected chi connectivity index (χ4v) is 1.38. The van der Waals surface area contributed by atoms with Gasteiger partial charge in [0.2, 0.25) is 0 Å². The van der Waals surface area contributed by atoms with Crippen molar-refractivity contribution < 1.29 is 9.50 Å². The molecule has 1 aromatic carbocycles. The monoisotopic (exact) mass is 215 g/mol. The van der Waals surface area contributed by atoms with Crippen LogP contribution in [0.2, 0.25) is 5.02 Å². The first-order chi connectivity index (χ1) is 6.72. The lowest BCUT2D eigenvalue weighted by atomic mass is 10.3. The Hall–Kier alpha value is -1.20. The minimum absolute atomic E-state index is 0.0218. The van der Waals surface area contributed by atoms with Gasteiger partial charge in [-0.05, 0) is 6.07 Å². The van der Waals surface area contributed by atoms with Crippen molar-refractivity contribution in [1.29, 1.82) is 0 Å². The maximum absolute atomic E-state index is 13.1. The minimum atomic E-state index is -0.513. The topological polar surface area (TPSA) is 50.9 Å². The number of aromatic nitrogens is 3. The number of rotatable bonds is 2. The standard InChI is InChI=1S/C8H7ClFN3O/c9-5-3-7-8(4-6(5)10)13(1-2-14)12-11-7/h3-4,14H,1-2H2. The molecular weight excluding hydrogens is 209 g/mol. The summed E-state index contributed by atoms with van der Waals surface area (Å²) in [5, 5.41) is 16.3. The Morgan fingerprint density at radius 3 is 3.00 bits per heavy atom. The van der Waals surface area contributed by atoms with Gasteiger partial charge in [0.15, 0.2) is 0 Å². The molecule has 14 heavy (non-hydrogen) atoms. The number of hydrogen-bond donors (Lipinski definition) is 1. The zero-order chi connectivity index (χ0) is 10.1. The second kappa shape index (κ2) is 3.51. The van der Waals surface area contributed by atoms with Gasteiger partial charge in [0.1, 0.15) is 11.3 Å². The van der Waals surface area contributed by atoms with Crippen LogP contribution in [-0.4, -0.2) is 26.7 Å². The third-order valence-electron chi connectivity index (χ3n) is 1.87. The quantitative estimate of drug-likeness (QED) is 0.820. The van der Waals surface area contributed by atoms with Crippen LogP contribution in [0.4, 0.5) is 4.39 Å². The molecule has 2 aromatic rings. The summed E-state index contributed by atoms with van der Waals surface area (Å²) in [6, 6.07) is 2.67. The molecule has 74 valence electrons. The summed E-state index contributed by atoms with van der Waals surface area (Å²) in [5.41, 5.74) is 1.05. The van der Waals surface area contributed by atoms with Crippen LogP contribution in [0.5, 0.6) is 0 Å². The van der Waals surface area contributed by atoms with E-state index in [1.54, 1.807) is 0 Å². The average Bonchev–Trinajstić information content (AvgIpc) is 2.51. The normalized spacial score (nSPS) is 11.1. The Morgan fingerprint density at radius 2 is 2.29 bits per heavy atom. The van der Waals surface area contributed by atoms with Crippen molar-refractivity contribution >= 4 is 22.6 Å². The van der Waals surface area contributed by atoms with Crippen molar-refractivity contribution in [2.24, 2.45) is 0 Å². The molecule has 0 saturated carbocycles. The molecule has 6 heteroatoms. The van der Waals surface area contributed by atoms with Gasteiger partial charge in [-0.1, -0.05) is 16.8 Å². The van der Waals surface area contributed by atoms with E-state index in [2.05, 4.69) is 10.3 Å². The Labute approximate surface area is 83.9 Å². The van der Waals surface area contributed by atoms with E-state index in [9.17, 15) is 4.39 Å². The fraction of sp³-hybridized carbons (Fsp3) is 0.250. The molecule has 0 bridgehead atoms. The molecule has 0 radical (unpaired) electrons. The fourth-order valence-electron chi connectivity index (χ4n) is 1.22. The van der Waals surface area contributed by atoms with Gasteiger partial charge in [-0.3, -0.25) is 0 Å². The summed E-state index contributed by atoms with van der Waals surface area (Å²) in [6.07, 6.45) is 0. The van der Waals surface area contributed by atoms with Crippen LogP contribution in [0.1, 0.15) is 0 Å². The zero-order valence-corrected chi connectivity index (χ0v) is 7.87. The summed E-state index contributed by atoms with van der Waals surface area (Å²) < 4.78 is 14.5. The smallest absolute Gasteiger partial charge is 0.144 e. The number of nitrogens with zero attached hydrogens (tertiary/aromatic N) is 3. The van der Waals surface area contributed by atoms with Gasteiger partial charge in [0, 0.05) is 6.07 Å². The summed E-state index contributed by atoms with van der Waals surface area (Å²) in [6.45, 7) is 0.222. The maximum Gasteiger partial charge on any atom is 0.144 e. The number of benzene rings is 1. The molecule has 0 spiro atoms. The van der Waals surface area contributed by atoms with Crippen molar-refractivity contribution in [2.45, 2.75) is 6.54 Å². The molecule has 0 amide bonds. The van der Waals surface area contributed by atoms with Crippen LogP contribution in [0.15, 0.2) is 12.1 Å². The molecule has 0 aliphatic carbocycles. The predicted molar refractivity (Wildman–Crippen MR) is 49.6 cm³/mol. The van der Waals surface area contributed by atoms with Gasteiger partial charge < -0.3 is 5.11 Å². The second-order valence-electron chi connectivity index (χ2n) is 2.79. The van der Waals surface area contributed by atoms with Crippen molar-refractivity contribution in [1.82, 2.24) is 15.0 Å².